The largest absolute Gasteiger partial charge is 0.342 e. The van der Waals surface area contributed by atoms with E-state index < -0.39 is 0 Å². The van der Waals surface area contributed by atoms with Gasteiger partial charge in [-0.25, -0.2) is 0 Å². The molecule has 154 valence electrons. The maximum Gasteiger partial charge on any atom is 0.253 e. The molecule has 0 aliphatic carbocycles. The Labute approximate surface area is 172 Å². The maximum atomic E-state index is 12.8. The molecule has 1 aromatic carbocycles. The SMILES string of the molecule is O=C(CN1CCN(C(=O)c2ccc(-n3cccc3)cc2)CC1)N1CCCCCC1. The molecule has 6 heteroatoms. The van der Waals surface area contributed by atoms with Gasteiger partial charge in [-0.2, -0.15) is 0 Å². The van der Waals surface area contributed by atoms with Crippen molar-refractivity contribution in [2.45, 2.75) is 25.7 Å². The molecule has 2 aliphatic rings. The Bertz CT molecular complexity index is 800. The van der Waals surface area contributed by atoms with E-state index in [2.05, 4.69) is 4.90 Å². The summed E-state index contributed by atoms with van der Waals surface area (Å²) < 4.78 is 2.02. The average Bonchev–Trinajstić information content (AvgIpc) is 3.16. The Morgan fingerprint density at radius 2 is 1.34 bits per heavy atom. The molecule has 0 radical (unpaired) electrons. The molecule has 0 bridgehead atoms. The second kappa shape index (κ2) is 9.27. The summed E-state index contributed by atoms with van der Waals surface area (Å²) in [5, 5.41) is 0. The van der Waals surface area contributed by atoms with Gasteiger partial charge in [0.05, 0.1) is 6.54 Å². The average molecular weight is 395 g/mol. The molecule has 2 saturated heterocycles. The Kier molecular flexibility index (Phi) is 6.30. The minimum Gasteiger partial charge on any atom is -0.342 e. The Morgan fingerprint density at radius 1 is 0.724 bits per heavy atom. The first-order valence-corrected chi connectivity index (χ1v) is 10.7. The fourth-order valence-electron chi connectivity index (χ4n) is 4.19. The third-order valence-electron chi connectivity index (χ3n) is 5.99. The van der Waals surface area contributed by atoms with Gasteiger partial charge >= 0.3 is 0 Å². The van der Waals surface area contributed by atoms with Gasteiger partial charge < -0.3 is 14.4 Å². The molecule has 29 heavy (non-hydrogen) atoms. The Balaban J connectivity index is 1.27. The van der Waals surface area contributed by atoms with Crippen LogP contribution in [0.15, 0.2) is 48.8 Å². The zero-order valence-electron chi connectivity index (χ0n) is 17.0. The first-order valence-electron chi connectivity index (χ1n) is 10.7. The molecule has 2 fully saturated rings. The maximum absolute atomic E-state index is 12.8. The van der Waals surface area contributed by atoms with E-state index in [0.717, 1.165) is 50.3 Å². The number of carbonyl (C=O) groups is 2. The minimum absolute atomic E-state index is 0.0718. The number of nitrogens with zero attached hydrogens (tertiary/aromatic N) is 4. The normalized spacial score (nSPS) is 18.5. The monoisotopic (exact) mass is 394 g/mol. The molecule has 2 amide bonds. The molecule has 2 aromatic rings. The van der Waals surface area contributed by atoms with Crippen LogP contribution in [0.3, 0.4) is 0 Å². The van der Waals surface area contributed by atoms with Crippen molar-refractivity contribution >= 4 is 11.8 Å². The van der Waals surface area contributed by atoms with Gasteiger partial charge in [-0.15, -0.1) is 0 Å². The molecule has 0 atom stereocenters. The van der Waals surface area contributed by atoms with E-state index in [9.17, 15) is 9.59 Å². The Hall–Kier alpha value is -2.60. The highest BCUT2D eigenvalue weighted by molar-refractivity contribution is 5.94. The van der Waals surface area contributed by atoms with Gasteiger partial charge in [0, 0.05) is 62.9 Å². The van der Waals surface area contributed by atoms with Crippen molar-refractivity contribution in [3.8, 4) is 5.69 Å². The summed E-state index contributed by atoms with van der Waals surface area (Å²) in [6.07, 6.45) is 8.69. The van der Waals surface area contributed by atoms with Crippen molar-refractivity contribution in [2.75, 3.05) is 45.8 Å². The molecule has 6 nitrogen and oxygen atoms in total. The van der Waals surface area contributed by atoms with Gasteiger partial charge in [0.1, 0.15) is 0 Å². The van der Waals surface area contributed by atoms with Crippen LogP contribution in [0.4, 0.5) is 0 Å². The number of hydrogen-bond acceptors (Lipinski definition) is 3. The summed E-state index contributed by atoms with van der Waals surface area (Å²) in [4.78, 5) is 31.5. The highest BCUT2D eigenvalue weighted by Gasteiger charge is 2.25. The van der Waals surface area contributed by atoms with Crippen molar-refractivity contribution in [1.29, 1.82) is 0 Å². The summed E-state index contributed by atoms with van der Waals surface area (Å²) in [6, 6.07) is 11.7. The molecule has 3 heterocycles. The molecule has 1 aromatic heterocycles. The van der Waals surface area contributed by atoms with Crippen LogP contribution in [0.1, 0.15) is 36.0 Å². The highest BCUT2D eigenvalue weighted by atomic mass is 16.2. The molecule has 2 aliphatic heterocycles. The van der Waals surface area contributed by atoms with Crippen molar-refractivity contribution < 1.29 is 9.59 Å². The van der Waals surface area contributed by atoms with Gasteiger partial charge in [-0.3, -0.25) is 14.5 Å². The summed E-state index contributed by atoms with van der Waals surface area (Å²) in [7, 11) is 0. The number of amides is 2. The topological polar surface area (TPSA) is 48.8 Å². The van der Waals surface area contributed by atoms with Crippen LogP contribution in [-0.4, -0.2) is 76.9 Å². The molecule has 4 rings (SSSR count). The summed E-state index contributed by atoms with van der Waals surface area (Å²) >= 11 is 0. The van der Waals surface area contributed by atoms with E-state index in [4.69, 9.17) is 0 Å². The van der Waals surface area contributed by atoms with Gasteiger partial charge in [-0.1, -0.05) is 12.8 Å². The van der Waals surface area contributed by atoms with E-state index >= 15 is 0 Å². The number of rotatable bonds is 4. The van der Waals surface area contributed by atoms with Crippen LogP contribution < -0.4 is 0 Å². The predicted molar refractivity (Wildman–Crippen MR) is 113 cm³/mol. The van der Waals surface area contributed by atoms with Crippen LogP contribution in [0.2, 0.25) is 0 Å². The zero-order valence-corrected chi connectivity index (χ0v) is 17.0. The number of benzene rings is 1. The van der Waals surface area contributed by atoms with Crippen molar-refractivity contribution in [1.82, 2.24) is 19.3 Å². The highest BCUT2D eigenvalue weighted by Crippen LogP contribution is 2.14. The molecule has 0 N–H and O–H groups in total. The third-order valence-corrected chi connectivity index (χ3v) is 5.99. The fourth-order valence-corrected chi connectivity index (χ4v) is 4.19. The molecule has 0 unspecified atom stereocenters. The van der Waals surface area contributed by atoms with Crippen molar-refractivity contribution in [2.24, 2.45) is 0 Å². The summed E-state index contributed by atoms with van der Waals surface area (Å²) in [5.74, 6) is 0.315. The standard InChI is InChI=1S/C23H30N4O2/c28-22(26-13-3-1-2-4-14-26)19-24-15-17-27(18-16-24)23(29)20-7-9-21(10-8-20)25-11-5-6-12-25/h5-12H,1-4,13-19H2. The Morgan fingerprint density at radius 3 is 1.97 bits per heavy atom. The van der Waals surface area contributed by atoms with Crippen LogP contribution in [-0.2, 0) is 4.79 Å². The second-order valence-corrected chi connectivity index (χ2v) is 8.00. The van der Waals surface area contributed by atoms with E-state index in [1.165, 1.54) is 12.8 Å². The van der Waals surface area contributed by atoms with Crippen molar-refractivity contribution in [3.63, 3.8) is 0 Å². The molecular weight excluding hydrogens is 364 g/mol. The number of carbonyl (C=O) groups excluding carboxylic acids is 2. The number of hydrogen-bond donors (Lipinski definition) is 0. The van der Waals surface area contributed by atoms with E-state index in [-0.39, 0.29) is 11.8 Å². The lowest BCUT2D eigenvalue weighted by atomic mass is 10.1. The van der Waals surface area contributed by atoms with Crippen molar-refractivity contribution in [3.05, 3.63) is 54.4 Å². The number of piperazine rings is 1. The van der Waals surface area contributed by atoms with Gasteiger partial charge in [0.25, 0.3) is 5.91 Å². The number of likely N-dealkylation sites (tertiary alicyclic amines) is 1. The third kappa shape index (κ3) is 4.88. The zero-order chi connectivity index (χ0) is 20.1. The lowest BCUT2D eigenvalue weighted by Crippen LogP contribution is -2.51. The second-order valence-electron chi connectivity index (χ2n) is 8.00. The first-order chi connectivity index (χ1) is 14.2. The fraction of sp³-hybridized carbons (Fsp3) is 0.478. The van der Waals surface area contributed by atoms with Crippen LogP contribution >= 0.6 is 0 Å². The van der Waals surface area contributed by atoms with Gasteiger partial charge in [-0.05, 0) is 49.2 Å². The lowest BCUT2D eigenvalue weighted by Gasteiger charge is -2.35. The quantitative estimate of drug-likeness (QED) is 0.801. The minimum atomic E-state index is 0.0718. The summed E-state index contributed by atoms with van der Waals surface area (Å²) in [6.45, 7) is 5.14. The number of aromatic nitrogens is 1. The molecule has 0 spiro atoms. The molecule has 0 saturated carbocycles. The smallest absolute Gasteiger partial charge is 0.253 e. The van der Waals surface area contributed by atoms with Crippen LogP contribution in [0.5, 0.6) is 0 Å². The lowest BCUT2D eigenvalue weighted by molar-refractivity contribution is -0.132. The van der Waals surface area contributed by atoms with Gasteiger partial charge in [0.15, 0.2) is 0 Å². The first kappa shape index (κ1) is 19.7. The van der Waals surface area contributed by atoms with Crippen LogP contribution in [0, 0.1) is 0 Å². The van der Waals surface area contributed by atoms with E-state index in [1.54, 1.807) is 0 Å². The molecular formula is C23H30N4O2. The van der Waals surface area contributed by atoms with E-state index in [0.29, 0.717) is 19.6 Å². The van der Waals surface area contributed by atoms with E-state index in [1.807, 2.05) is 63.2 Å². The van der Waals surface area contributed by atoms with Gasteiger partial charge in [0.2, 0.25) is 5.91 Å². The summed E-state index contributed by atoms with van der Waals surface area (Å²) in [5.41, 5.74) is 1.76. The van der Waals surface area contributed by atoms with Crippen LogP contribution in [0.25, 0.3) is 5.69 Å². The predicted octanol–water partition coefficient (Wildman–Crippen LogP) is 2.64.